The van der Waals surface area contributed by atoms with Gasteiger partial charge in [-0.1, -0.05) is 24.3 Å². The molecule has 5 nitrogen and oxygen atoms in total. The van der Waals surface area contributed by atoms with Crippen molar-refractivity contribution in [3.8, 4) is 0 Å². The first-order valence-corrected chi connectivity index (χ1v) is 11.5. The van der Waals surface area contributed by atoms with E-state index in [2.05, 4.69) is 10.3 Å². The summed E-state index contributed by atoms with van der Waals surface area (Å²) in [5.41, 5.74) is 0.721. The Balaban J connectivity index is 1.63. The Hall–Kier alpha value is -2.61. The molecule has 0 radical (unpaired) electrons. The van der Waals surface area contributed by atoms with Gasteiger partial charge in [0.15, 0.2) is 9.84 Å². The number of anilines is 1. The highest BCUT2D eigenvalue weighted by molar-refractivity contribution is 7.92. The number of aromatic nitrogens is 1. The lowest BCUT2D eigenvalue weighted by atomic mass is 9.98. The number of alkyl halides is 2. The Kier molecular flexibility index (Phi) is 5.69. The number of allylic oxidation sites excluding steroid dienone is 1. The fraction of sp³-hybridized carbons (Fsp3) is 0.364. The lowest BCUT2D eigenvalue weighted by molar-refractivity contribution is -0.111. The number of sulfone groups is 1. The van der Waals surface area contributed by atoms with Gasteiger partial charge in [-0.2, -0.15) is 0 Å². The molecule has 1 aromatic heterocycles. The molecule has 2 aromatic rings. The van der Waals surface area contributed by atoms with Crippen LogP contribution in [-0.4, -0.2) is 36.9 Å². The molecular formula is C22H22F2N2O3S. The van der Waals surface area contributed by atoms with Gasteiger partial charge < -0.3 is 5.32 Å². The zero-order valence-electron chi connectivity index (χ0n) is 16.2. The number of pyridine rings is 1. The van der Waals surface area contributed by atoms with Crippen molar-refractivity contribution in [2.75, 3.05) is 5.32 Å². The molecule has 1 heterocycles. The molecule has 8 heteroatoms. The second-order valence-electron chi connectivity index (χ2n) is 7.78. The van der Waals surface area contributed by atoms with E-state index in [1.165, 1.54) is 18.3 Å². The van der Waals surface area contributed by atoms with Crippen molar-refractivity contribution in [3.63, 3.8) is 0 Å². The van der Waals surface area contributed by atoms with Crippen molar-refractivity contribution in [2.45, 2.75) is 48.2 Å². The molecule has 1 N–H and O–H groups in total. The van der Waals surface area contributed by atoms with Crippen LogP contribution < -0.4 is 5.32 Å². The minimum atomic E-state index is -3.34. The van der Waals surface area contributed by atoms with Crippen molar-refractivity contribution < 1.29 is 22.0 Å². The van der Waals surface area contributed by atoms with Crippen LogP contribution in [0.2, 0.25) is 0 Å². The quantitative estimate of drug-likeness (QED) is 0.697. The topological polar surface area (TPSA) is 76.1 Å². The lowest BCUT2D eigenvalue weighted by Gasteiger charge is -2.12. The predicted octanol–water partition coefficient (Wildman–Crippen LogP) is 4.13. The van der Waals surface area contributed by atoms with E-state index >= 15 is 0 Å². The van der Waals surface area contributed by atoms with Crippen LogP contribution >= 0.6 is 0 Å². The fourth-order valence-corrected chi connectivity index (χ4v) is 5.32. The van der Waals surface area contributed by atoms with Gasteiger partial charge in [-0.15, -0.1) is 0 Å². The molecule has 0 bridgehead atoms. The summed E-state index contributed by atoms with van der Waals surface area (Å²) in [6.07, 6.45) is 1.38. The van der Waals surface area contributed by atoms with Gasteiger partial charge in [0.1, 0.15) is 18.2 Å². The van der Waals surface area contributed by atoms with Crippen molar-refractivity contribution in [1.82, 2.24) is 4.98 Å². The summed E-state index contributed by atoms with van der Waals surface area (Å²) in [7, 11) is -3.34. The first kappa shape index (κ1) is 20.7. The van der Waals surface area contributed by atoms with Crippen LogP contribution in [-0.2, 0) is 14.6 Å². The van der Waals surface area contributed by atoms with Gasteiger partial charge in [0.25, 0.3) is 5.91 Å². The number of halogens is 2. The number of hydrogen-bond acceptors (Lipinski definition) is 4. The largest absolute Gasteiger partial charge is 0.307 e. The molecule has 0 spiro atoms. The number of amides is 1. The molecular weight excluding hydrogens is 410 g/mol. The van der Waals surface area contributed by atoms with Crippen LogP contribution in [0.25, 0.3) is 5.57 Å². The molecule has 0 saturated heterocycles. The van der Waals surface area contributed by atoms with E-state index in [4.69, 9.17) is 0 Å². The Morgan fingerprint density at radius 1 is 1.03 bits per heavy atom. The number of nitrogens with one attached hydrogen (secondary N) is 1. The van der Waals surface area contributed by atoms with E-state index in [1.807, 2.05) is 0 Å². The lowest BCUT2D eigenvalue weighted by Crippen LogP contribution is -2.16. The summed E-state index contributed by atoms with van der Waals surface area (Å²) >= 11 is 0. The van der Waals surface area contributed by atoms with Gasteiger partial charge >= 0.3 is 0 Å². The molecule has 2 saturated carbocycles. The van der Waals surface area contributed by atoms with Crippen LogP contribution in [0.3, 0.4) is 0 Å². The van der Waals surface area contributed by atoms with E-state index in [-0.39, 0.29) is 28.6 Å². The van der Waals surface area contributed by atoms with E-state index < -0.39 is 34.0 Å². The van der Waals surface area contributed by atoms with Gasteiger partial charge in [0, 0.05) is 11.8 Å². The second kappa shape index (κ2) is 8.26. The summed E-state index contributed by atoms with van der Waals surface area (Å²) in [5.74, 6) is -0.543. The molecule has 158 valence electrons. The summed E-state index contributed by atoms with van der Waals surface area (Å²) < 4.78 is 52.1. The number of benzene rings is 1. The summed E-state index contributed by atoms with van der Waals surface area (Å²) in [6.45, 7) is 0. The van der Waals surface area contributed by atoms with E-state index in [0.717, 1.165) is 0 Å². The van der Waals surface area contributed by atoms with E-state index in [9.17, 15) is 22.0 Å². The smallest absolute Gasteiger partial charge is 0.257 e. The third kappa shape index (κ3) is 4.43. The Morgan fingerprint density at radius 2 is 1.70 bits per heavy atom. The van der Waals surface area contributed by atoms with Crippen LogP contribution in [0.4, 0.5) is 14.6 Å². The van der Waals surface area contributed by atoms with Crippen LogP contribution in [0.1, 0.15) is 31.2 Å². The maximum atomic E-state index is 13.7. The molecule has 0 aliphatic heterocycles. The third-order valence-electron chi connectivity index (χ3n) is 5.46. The zero-order valence-corrected chi connectivity index (χ0v) is 17.0. The SMILES string of the molecule is O=C(Nc1ccccn1)C(=CC1C[C@@H](F)[C@@H](F)C1)c1ccc(S(=O)(=O)C2CC2)cc1. The Labute approximate surface area is 174 Å². The van der Waals surface area contributed by atoms with Gasteiger partial charge in [-0.05, 0) is 61.4 Å². The molecule has 2 aliphatic rings. The summed E-state index contributed by atoms with van der Waals surface area (Å²) in [5, 5.41) is 2.36. The van der Waals surface area contributed by atoms with E-state index in [0.29, 0.717) is 24.2 Å². The average molecular weight is 432 g/mol. The molecule has 3 atom stereocenters. The Morgan fingerprint density at radius 3 is 2.27 bits per heavy atom. The minimum Gasteiger partial charge on any atom is -0.307 e. The first-order valence-electron chi connectivity index (χ1n) is 9.91. The predicted molar refractivity (Wildman–Crippen MR) is 110 cm³/mol. The maximum absolute atomic E-state index is 13.7. The van der Waals surface area contributed by atoms with Crippen LogP contribution in [0, 0.1) is 5.92 Å². The number of carbonyl (C=O) groups excluding carboxylic acids is 1. The number of hydrogen-bond donors (Lipinski definition) is 1. The highest BCUT2D eigenvalue weighted by Crippen LogP contribution is 2.36. The van der Waals surface area contributed by atoms with Gasteiger partial charge in [0.2, 0.25) is 0 Å². The maximum Gasteiger partial charge on any atom is 0.257 e. The van der Waals surface area contributed by atoms with Crippen LogP contribution in [0.5, 0.6) is 0 Å². The monoisotopic (exact) mass is 432 g/mol. The first-order chi connectivity index (χ1) is 14.3. The molecule has 1 unspecified atom stereocenters. The van der Waals surface area contributed by atoms with Crippen molar-refractivity contribution >= 4 is 27.1 Å². The molecule has 2 fully saturated rings. The molecule has 1 aromatic carbocycles. The highest BCUT2D eigenvalue weighted by atomic mass is 32.2. The number of carbonyl (C=O) groups is 1. The Bertz CT molecular complexity index is 1040. The van der Waals surface area contributed by atoms with Crippen molar-refractivity contribution in [2.24, 2.45) is 5.92 Å². The van der Waals surface area contributed by atoms with Crippen LogP contribution in [0.15, 0.2) is 59.6 Å². The van der Waals surface area contributed by atoms with Crippen molar-refractivity contribution in [3.05, 3.63) is 60.3 Å². The van der Waals surface area contributed by atoms with Gasteiger partial charge in [-0.3, -0.25) is 4.79 Å². The van der Waals surface area contributed by atoms with Crippen molar-refractivity contribution in [1.29, 1.82) is 0 Å². The average Bonchev–Trinajstić information content (AvgIpc) is 3.54. The summed E-state index contributed by atoms with van der Waals surface area (Å²) in [6, 6.07) is 11.2. The number of rotatable bonds is 6. The van der Waals surface area contributed by atoms with Gasteiger partial charge in [0.05, 0.1) is 10.1 Å². The fourth-order valence-electron chi connectivity index (χ4n) is 3.66. The molecule has 4 rings (SSSR count). The second-order valence-corrected chi connectivity index (χ2v) is 10.0. The zero-order chi connectivity index (χ0) is 21.3. The number of nitrogens with zero attached hydrogens (tertiary/aromatic N) is 1. The molecule has 2 aliphatic carbocycles. The highest BCUT2D eigenvalue weighted by Gasteiger charge is 2.37. The normalized spacial score (nSPS) is 24.6. The standard InChI is InChI=1S/C22H22F2N2O3S/c23-19-12-14(13-20(19)24)11-18(22(27)26-21-3-1-2-10-25-21)15-4-6-16(7-5-15)30(28,29)17-8-9-17/h1-7,10-11,14,17,19-20H,8-9,12-13H2,(H,25,26,27)/t14?,19-,20+. The summed E-state index contributed by atoms with van der Waals surface area (Å²) in [4.78, 5) is 17.2. The van der Waals surface area contributed by atoms with Gasteiger partial charge in [-0.25, -0.2) is 22.2 Å². The van der Waals surface area contributed by atoms with E-state index in [1.54, 1.807) is 36.4 Å². The molecule has 30 heavy (non-hydrogen) atoms. The molecule has 1 amide bonds. The third-order valence-corrected chi connectivity index (χ3v) is 7.74. The minimum absolute atomic E-state index is 0.00960.